The molecule has 1 aromatic heterocycles. The third-order valence-corrected chi connectivity index (χ3v) is 5.65. The quantitative estimate of drug-likeness (QED) is 0.677. The van der Waals surface area contributed by atoms with Crippen LogP contribution in [0.2, 0.25) is 5.02 Å². The largest absolute Gasteiger partial charge is 0.355 e. The van der Waals surface area contributed by atoms with Gasteiger partial charge in [-0.1, -0.05) is 17.7 Å². The van der Waals surface area contributed by atoms with Crippen LogP contribution >= 0.6 is 11.6 Å². The Morgan fingerprint density at radius 3 is 2.66 bits per heavy atom. The molecule has 1 aliphatic heterocycles. The Bertz CT molecular complexity index is 1120. The molecule has 0 radical (unpaired) electrons. The number of carbonyl (C=O) groups is 2. The molecule has 29 heavy (non-hydrogen) atoms. The summed E-state index contributed by atoms with van der Waals surface area (Å²) in [6.45, 7) is 1.91. The molecule has 0 bridgehead atoms. The van der Waals surface area contributed by atoms with Gasteiger partial charge in [-0.25, -0.2) is 0 Å². The number of fused-ring (bicyclic) bond motifs is 2. The van der Waals surface area contributed by atoms with E-state index in [4.69, 9.17) is 11.6 Å². The predicted molar refractivity (Wildman–Crippen MR) is 115 cm³/mol. The van der Waals surface area contributed by atoms with Gasteiger partial charge in [0.2, 0.25) is 0 Å². The maximum atomic E-state index is 12.7. The van der Waals surface area contributed by atoms with E-state index in [1.54, 1.807) is 4.90 Å². The summed E-state index contributed by atoms with van der Waals surface area (Å²) in [5.74, 6) is -0.127. The Morgan fingerprint density at radius 2 is 1.90 bits per heavy atom. The molecule has 2 N–H and O–H groups in total. The molecule has 150 valence electrons. The zero-order valence-electron chi connectivity index (χ0n) is 16.7. The second-order valence-electron chi connectivity index (χ2n) is 7.65. The summed E-state index contributed by atoms with van der Waals surface area (Å²) in [5.41, 5.74) is 4.63. The minimum Gasteiger partial charge on any atom is -0.355 e. The van der Waals surface area contributed by atoms with Gasteiger partial charge in [0.05, 0.1) is 5.56 Å². The maximum absolute atomic E-state index is 12.7. The average Bonchev–Trinajstić information content (AvgIpc) is 3.29. The Morgan fingerprint density at radius 1 is 1.10 bits per heavy atom. The first-order chi connectivity index (χ1) is 13.8. The monoisotopic (exact) mass is 410 g/mol. The third kappa shape index (κ3) is 3.61. The van der Waals surface area contributed by atoms with Crippen molar-refractivity contribution in [1.29, 1.82) is 0 Å². The number of likely N-dealkylation sites (N-methyl/N-ethyl adjacent to an activating group) is 2. The molecular formula is C22H23ClN4O2. The van der Waals surface area contributed by atoms with Crippen LogP contribution in [0.15, 0.2) is 36.4 Å². The number of benzene rings is 2. The van der Waals surface area contributed by atoms with Gasteiger partial charge in [-0.3, -0.25) is 9.59 Å². The lowest BCUT2D eigenvalue weighted by atomic mass is 10.0. The topological polar surface area (TPSA) is 68.4 Å². The van der Waals surface area contributed by atoms with Crippen LogP contribution in [0.3, 0.4) is 0 Å². The highest BCUT2D eigenvalue weighted by Gasteiger charge is 2.26. The van der Waals surface area contributed by atoms with Crippen LogP contribution in [0.4, 0.5) is 0 Å². The van der Waals surface area contributed by atoms with Crippen molar-refractivity contribution in [2.45, 2.75) is 6.54 Å². The van der Waals surface area contributed by atoms with E-state index in [1.807, 2.05) is 62.4 Å². The van der Waals surface area contributed by atoms with Crippen LogP contribution < -0.4 is 5.32 Å². The molecule has 7 heteroatoms. The maximum Gasteiger partial charge on any atom is 0.253 e. The third-order valence-electron chi connectivity index (χ3n) is 5.30. The first-order valence-electron chi connectivity index (χ1n) is 9.48. The number of H-pyrrole nitrogens is 1. The molecule has 4 rings (SSSR count). The highest BCUT2D eigenvalue weighted by Crippen LogP contribution is 2.34. The van der Waals surface area contributed by atoms with Crippen LogP contribution in [0.25, 0.3) is 22.2 Å². The zero-order valence-corrected chi connectivity index (χ0v) is 17.4. The van der Waals surface area contributed by atoms with Crippen LogP contribution in [-0.4, -0.2) is 60.8 Å². The van der Waals surface area contributed by atoms with Gasteiger partial charge in [0, 0.05) is 65.0 Å². The van der Waals surface area contributed by atoms with Crippen LogP contribution in [0.5, 0.6) is 0 Å². The summed E-state index contributed by atoms with van der Waals surface area (Å²) in [7, 11) is 5.78. The molecule has 0 saturated carbocycles. The van der Waals surface area contributed by atoms with Crippen LogP contribution in [-0.2, 0) is 6.54 Å². The number of rotatable bonds is 5. The molecule has 3 aromatic rings. The highest BCUT2D eigenvalue weighted by molar-refractivity contribution is 6.32. The Labute approximate surface area is 174 Å². The van der Waals surface area contributed by atoms with Crippen molar-refractivity contribution >= 4 is 34.3 Å². The molecular weight excluding hydrogens is 388 g/mol. The lowest BCUT2D eigenvalue weighted by Gasteiger charge is -2.19. The molecule has 0 aliphatic carbocycles. The fourth-order valence-corrected chi connectivity index (χ4v) is 3.84. The summed E-state index contributed by atoms with van der Waals surface area (Å²) >= 11 is 6.26. The van der Waals surface area contributed by atoms with Gasteiger partial charge in [-0.15, -0.1) is 0 Å². The molecule has 0 atom stereocenters. The fourth-order valence-electron chi connectivity index (χ4n) is 3.62. The number of carbonyl (C=O) groups excluding carboxylic acids is 2. The minimum absolute atomic E-state index is 0.0109. The van der Waals surface area contributed by atoms with Crippen molar-refractivity contribution in [3.63, 3.8) is 0 Å². The van der Waals surface area contributed by atoms with E-state index in [0.717, 1.165) is 34.3 Å². The highest BCUT2D eigenvalue weighted by atomic mass is 35.5. The van der Waals surface area contributed by atoms with E-state index in [2.05, 4.69) is 10.3 Å². The Hall–Kier alpha value is -2.83. The molecule has 0 spiro atoms. The van der Waals surface area contributed by atoms with Crippen molar-refractivity contribution in [1.82, 2.24) is 20.1 Å². The lowest BCUT2D eigenvalue weighted by molar-refractivity contribution is 0.0786. The van der Waals surface area contributed by atoms with Gasteiger partial charge in [0.15, 0.2) is 0 Å². The number of hydrogen-bond acceptors (Lipinski definition) is 3. The Balaban J connectivity index is 1.68. The van der Waals surface area contributed by atoms with E-state index in [9.17, 15) is 9.59 Å². The van der Waals surface area contributed by atoms with E-state index in [1.165, 1.54) is 0 Å². The van der Waals surface area contributed by atoms with Gasteiger partial charge >= 0.3 is 0 Å². The normalized spacial score (nSPS) is 13.1. The number of amides is 2. The zero-order chi connectivity index (χ0) is 20.7. The van der Waals surface area contributed by atoms with Gasteiger partial charge in [-0.2, -0.15) is 0 Å². The van der Waals surface area contributed by atoms with Gasteiger partial charge in [-0.05, 0) is 44.4 Å². The van der Waals surface area contributed by atoms with Crippen molar-refractivity contribution in [3.8, 4) is 11.3 Å². The van der Waals surface area contributed by atoms with Gasteiger partial charge in [0.1, 0.15) is 0 Å². The number of halogens is 1. The van der Waals surface area contributed by atoms with Gasteiger partial charge in [0.25, 0.3) is 11.8 Å². The number of aromatic nitrogens is 1. The molecule has 0 fully saturated rings. The number of nitrogens with zero attached hydrogens (tertiary/aromatic N) is 2. The van der Waals surface area contributed by atoms with E-state index < -0.39 is 0 Å². The lowest BCUT2D eigenvalue weighted by Crippen LogP contribution is -2.33. The average molecular weight is 411 g/mol. The number of nitrogens with one attached hydrogen (secondary N) is 2. The van der Waals surface area contributed by atoms with Crippen LogP contribution in [0.1, 0.15) is 26.3 Å². The van der Waals surface area contributed by atoms with Crippen molar-refractivity contribution in [3.05, 3.63) is 58.1 Å². The van der Waals surface area contributed by atoms with Crippen molar-refractivity contribution < 1.29 is 9.59 Å². The van der Waals surface area contributed by atoms with Crippen molar-refractivity contribution in [2.75, 3.05) is 34.2 Å². The molecule has 0 saturated heterocycles. The van der Waals surface area contributed by atoms with Gasteiger partial charge < -0.3 is 20.1 Å². The SMILES string of the molecule is CN(C)CCN(C)C(=O)c1ccc2[nH]c(-c3ccc(Cl)c4c3C(=O)NC4)cc2c1. The predicted octanol–water partition coefficient (Wildman–Crippen LogP) is 3.37. The smallest absolute Gasteiger partial charge is 0.253 e. The first-order valence-corrected chi connectivity index (χ1v) is 9.86. The number of aromatic amines is 1. The van der Waals surface area contributed by atoms with Crippen molar-refractivity contribution in [2.24, 2.45) is 0 Å². The molecule has 2 amide bonds. The van der Waals surface area contributed by atoms with E-state index >= 15 is 0 Å². The van der Waals surface area contributed by atoms with E-state index in [0.29, 0.717) is 29.2 Å². The second-order valence-corrected chi connectivity index (χ2v) is 8.05. The molecule has 1 aliphatic rings. The number of hydrogen-bond donors (Lipinski definition) is 2. The molecule has 6 nitrogen and oxygen atoms in total. The molecule has 2 aromatic carbocycles. The van der Waals surface area contributed by atoms with Crippen LogP contribution in [0, 0.1) is 0 Å². The Kier molecular flexibility index (Phi) is 5.06. The summed E-state index contributed by atoms with van der Waals surface area (Å²) in [4.78, 5) is 32.2. The minimum atomic E-state index is -0.116. The second kappa shape index (κ2) is 7.54. The summed E-state index contributed by atoms with van der Waals surface area (Å²) in [6, 6.07) is 11.3. The first kappa shape index (κ1) is 19.5. The molecule has 0 unspecified atom stereocenters. The standard InChI is InChI=1S/C22H23ClN4O2/c1-26(2)8-9-27(3)22(29)13-4-7-18-14(10-13)11-19(25-18)15-5-6-17(23)16-12-24-21(28)20(15)16/h4-7,10-11,25H,8-9,12H2,1-3H3,(H,24,28). The molecule has 2 heterocycles. The summed E-state index contributed by atoms with van der Waals surface area (Å²) in [5, 5.41) is 4.35. The summed E-state index contributed by atoms with van der Waals surface area (Å²) in [6.07, 6.45) is 0. The summed E-state index contributed by atoms with van der Waals surface area (Å²) < 4.78 is 0. The fraction of sp³-hybridized carbons (Fsp3) is 0.273. The van der Waals surface area contributed by atoms with E-state index in [-0.39, 0.29) is 11.8 Å².